The molecule has 1 fully saturated rings. The fourth-order valence-corrected chi connectivity index (χ4v) is 3.00. The Morgan fingerprint density at radius 2 is 1.60 bits per heavy atom. The van der Waals surface area contributed by atoms with Gasteiger partial charge in [-0.15, -0.1) is 0 Å². The van der Waals surface area contributed by atoms with Gasteiger partial charge < -0.3 is 18.9 Å². The Morgan fingerprint density at radius 1 is 1.04 bits per heavy atom. The Kier molecular flexibility index (Phi) is 7.40. The SMILES string of the molecule is CCOC(=O)C(C(=O)OCC)C(Cc1ccccc1)CC1OC(C)O1. The second-order valence-corrected chi connectivity index (χ2v) is 5.94. The molecule has 1 aliphatic rings. The van der Waals surface area contributed by atoms with Crippen LogP contribution in [0.25, 0.3) is 0 Å². The molecule has 0 aliphatic carbocycles. The van der Waals surface area contributed by atoms with Crippen molar-refractivity contribution in [3.63, 3.8) is 0 Å². The van der Waals surface area contributed by atoms with Crippen LogP contribution in [-0.2, 0) is 35.0 Å². The van der Waals surface area contributed by atoms with Gasteiger partial charge in [0.1, 0.15) is 0 Å². The summed E-state index contributed by atoms with van der Waals surface area (Å²) < 4.78 is 21.3. The summed E-state index contributed by atoms with van der Waals surface area (Å²) in [7, 11) is 0. The predicted molar refractivity (Wildman–Crippen MR) is 90.4 cm³/mol. The second-order valence-electron chi connectivity index (χ2n) is 5.94. The molecular weight excluding hydrogens is 324 g/mol. The lowest BCUT2D eigenvalue weighted by molar-refractivity contribution is -0.380. The molecule has 0 bridgehead atoms. The molecule has 0 aromatic heterocycles. The molecule has 6 nitrogen and oxygen atoms in total. The van der Waals surface area contributed by atoms with E-state index >= 15 is 0 Å². The Balaban J connectivity index is 2.20. The first kappa shape index (κ1) is 19.4. The summed E-state index contributed by atoms with van der Waals surface area (Å²) in [5.41, 5.74) is 1.03. The average molecular weight is 350 g/mol. The minimum atomic E-state index is -0.997. The Hall–Kier alpha value is -1.92. The number of carbonyl (C=O) groups is 2. The van der Waals surface area contributed by atoms with Crippen molar-refractivity contribution in [3.05, 3.63) is 35.9 Å². The molecule has 6 heteroatoms. The molecule has 2 rings (SSSR count). The quantitative estimate of drug-likeness (QED) is 0.504. The first-order valence-electron chi connectivity index (χ1n) is 8.73. The molecule has 1 saturated heterocycles. The van der Waals surface area contributed by atoms with E-state index in [4.69, 9.17) is 18.9 Å². The van der Waals surface area contributed by atoms with Crippen LogP contribution in [0.3, 0.4) is 0 Å². The number of ether oxygens (including phenoxy) is 4. The van der Waals surface area contributed by atoms with E-state index in [1.165, 1.54) is 0 Å². The molecule has 1 aliphatic heterocycles. The van der Waals surface area contributed by atoms with Crippen molar-refractivity contribution in [1.29, 1.82) is 0 Å². The smallest absolute Gasteiger partial charge is 0.320 e. The van der Waals surface area contributed by atoms with Gasteiger partial charge in [-0.2, -0.15) is 0 Å². The number of rotatable bonds is 9. The van der Waals surface area contributed by atoms with Gasteiger partial charge in [-0.25, -0.2) is 0 Å². The Morgan fingerprint density at radius 3 is 2.08 bits per heavy atom. The molecule has 25 heavy (non-hydrogen) atoms. The maximum absolute atomic E-state index is 12.4. The average Bonchev–Trinajstić information content (AvgIpc) is 2.55. The van der Waals surface area contributed by atoms with Crippen molar-refractivity contribution in [3.8, 4) is 0 Å². The molecule has 1 aromatic rings. The molecule has 1 atom stereocenters. The maximum atomic E-state index is 12.4. The largest absolute Gasteiger partial charge is 0.465 e. The van der Waals surface area contributed by atoms with Crippen molar-refractivity contribution in [2.45, 2.75) is 46.2 Å². The highest BCUT2D eigenvalue weighted by Crippen LogP contribution is 2.31. The van der Waals surface area contributed by atoms with Crippen LogP contribution in [0.2, 0.25) is 0 Å². The van der Waals surface area contributed by atoms with Gasteiger partial charge in [0.05, 0.1) is 13.2 Å². The summed E-state index contributed by atoms with van der Waals surface area (Å²) in [6.07, 6.45) is 0.267. The van der Waals surface area contributed by atoms with Gasteiger partial charge in [0.25, 0.3) is 0 Å². The predicted octanol–water partition coefficient (Wildman–Crippen LogP) is 2.70. The number of hydrogen-bond donors (Lipinski definition) is 0. The van der Waals surface area contributed by atoms with Crippen molar-refractivity contribution in [2.75, 3.05) is 13.2 Å². The van der Waals surface area contributed by atoms with Gasteiger partial charge in [-0.3, -0.25) is 9.59 Å². The second kappa shape index (κ2) is 9.53. The molecule has 1 aromatic carbocycles. The first-order valence-corrected chi connectivity index (χ1v) is 8.73. The van der Waals surface area contributed by atoms with Gasteiger partial charge in [-0.1, -0.05) is 30.3 Å². The highest BCUT2D eigenvalue weighted by molar-refractivity contribution is 5.95. The Labute approximate surface area is 148 Å². The molecule has 0 radical (unpaired) electrons. The molecule has 1 heterocycles. The summed E-state index contributed by atoms with van der Waals surface area (Å²) in [6, 6.07) is 9.70. The minimum absolute atomic E-state index is 0.209. The van der Waals surface area contributed by atoms with E-state index in [1.807, 2.05) is 30.3 Å². The van der Waals surface area contributed by atoms with E-state index in [2.05, 4.69) is 0 Å². The highest BCUT2D eigenvalue weighted by atomic mass is 16.9. The summed E-state index contributed by atoms with van der Waals surface area (Å²) >= 11 is 0. The van der Waals surface area contributed by atoms with Crippen LogP contribution in [-0.4, -0.2) is 37.7 Å². The summed E-state index contributed by atoms with van der Waals surface area (Å²) in [5.74, 6) is -2.45. The third kappa shape index (κ3) is 5.54. The van der Waals surface area contributed by atoms with Gasteiger partial charge in [0, 0.05) is 6.42 Å². The molecule has 0 N–H and O–H groups in total. The van der Waals surface area contributed by atoms with Gasteiger partial charge >= 0.3 is 11.9 Å². The van der Waals surface area contributed by atoms with E-state index in [-0.39, 0.29) is 25.4 Å². The van der Waals surface area contributed by atoms with E-state index in [0.29, 0.717) is 12.8 Å². The van der Waals surface area contributed by atoms with Gasteiger partial charge in [-0.05, 0) is 38.7 Å². The maximum Gasteiger partial charge on any atom is 0.320 e. The van der Waals surface area contributed by atoms with Crippen LogP contribution in [0.1, 0.15) is 32.8 Å². The van der Waals surface area contributed by atoms with Crippen LogP contribution >= 0.6 is 0 Å². The molecule has 0 amide bonds. The third-order valence-electron chi connectivity index (χ3n) is 4.08. The number of hydrogen-bond acceptors (Lipinski definition) is 6. The van der Waals surface area contributed by atoms with Crippen molar-refractivity contribution >= 4 is 11.9 Å². The lowest BCUT2D eigenvalue weighted by Crippen LogP contribution is -2.44. The van der Waals surface area contributed by atoms with Crippen LogP contribution < -0.4 is 0 Å². The summed E-state index contributed by atoms with van der Waals surface area (Å²) in [5, 5.41) is 0. The number of esters is 2. The van der Waals surface area contributed by atoms with Crippen LogP contribution in [0.5, 0.6) is 0 Å². The first-order chi connectivity index (χ1) is 12.0. The van der Waals surface area contributed by atoms with Gasteiger partial charge in [0.15, 0.2) is 18.5 Å². The van der Waals surface area contributed by atoms with Crippen molar-refractivity contribution < 1.29 is 28.5 Å². The van der Waals surface area contributed by atoms with E-state index in [1.54, 1.807) is 20.8 Å². The van der Waals surface area contributed by atoms with Crippen LogP contribution in [0.4, 0.5) is 0 Å². The molecular formula is C19H26O6. The van der Waals surface area contributed by atoms with Crippen LogP contribution in [0, 0.1) is 11.8 Å². The lowest BCUT2D eigenvalue weighted by Gasteiger charge is -2.37. The standard InChI is InChI=1S/C19H26O6/c1-4-22-18(20)17(19(21)23-5-2)15(12-16-24-13(3)25-16)11-14-9-7-6-8-10-14/h6-10,13,15-17H,4-5,11-12H2,1-3H3. The van der Waals surface area contributed by atoms with Gasteiger partial charge in [0.2, 0.25) is 0 Å². The number of carbonyl (C=O) groups excluding carboxylic acids is 2. The minimum Gasteiger partial charge on any atom is -0.465 e. The lowest BCUT2D eigenvalue weighted by atomic mass is 9.83. The molecule has 0 spiro atoms. The topological polar surface area (TPSA) is 71.1 Å². The molecule has 0 saturated carbocycles. The third-order valence-corrected chi connectivity index (χ3v) is 4.08. The van der Waals surface area contributed by atoms with E-state index < -0.39 is 24.1 Å². The van der Waals surface area contributed by atoms with Crippen LogP contribution in [0.15, 0.2) is 30.3 Å². The zero-order valence-corrected chi connectivity index (χ0v) is 15.0. The Bertz CT molecular complexity index is 534. The van der Waals surface area contributed by atoms with Crippen molar-refractivity contribution in [2.24, 2.45) is 11.8 Å². The van der Waals surface area contributed by atoms with Crippen molar-refractivity contribution in [1.82, 2.24) is 0 Å². The molecule has 1 unspecified atom stereocenters. The van der Waals surface area contributed by atoms with E-state index in [0.717, 1.165) is 5.56 Å². The number of benzene rings is 1. The fraction of sp³-hybridized carbons (Fsp3) is 0.579. The molecule has 138 valence electrons. The normalized spacial score (nSPS) is 20.6. The monoisotopic (exact) mass is 350 g/mol. The highest BCUT2D eigenvalue weighted by Gasteiger charge is 2.41. The summed E-state index contributed by atoms with van der Waals surface area (Å²) in [4.78, 5) is 24.9. The zero-order valence-electron chi connectivity index (χ0n) is 15.0. The fourth-order valence-electron chi connectivity index (χ4n) is 3.00. The van der Waals surface area contributed by atoms with E-state index in [9.17, 15) is 9.59 Å². The summed E-state index contributed by atoms with van der Waals surface area (Å²) in [6.45, 7) is 5.65. The zero-order chi connectivity index (χ0) is 18.2.